The van der Waals surface area contributed by atoms with E-state index in [1.54, 1.807) is 0 Å². The first-order valence-corrected chi connectivity index (χ1v) is 14.6. The van der Waals surface area contributed by atoms with Gasteiger partial charge in [-0.15, -0.1) is 0 Å². The van der Waals surface area contributed by atoms with Gasteiger partial charge in [-0.2, -0.15) is 4.98 Å². The number of alkyl halides is 2. The standard InChI is InChI=1S/C31H38F2N4O2/c1-27(2,32)25-35-24(36-39-25)29-11-8-28(9-12-29,10-13-29)20-37(26(38)30-17-31(33,18-30)19-30)23-5-3-4-22(16-23)21-6-14-34-15-7-21/h3-6,16,34H,7-15,17-20H2,1-2H3. The summed E-state index contributed by atoms with van der Waals surface area (Å²) in [5, 5.41) is 7.58. The SMILES string of the molecule is CC(C)(F)c1nc(C23CCC(CN(C(=O)C45CC(F)(C4)C5)c4cccc(C5=CCNCC5)c4)(CC2)CC3)no1. The van der Waals surface area contributed by atoms with Crippen LogP contribution < -0.4 is 10.2 Å². The third-order valence-electron chi connectivity index (χ3n) is 10.6. The van der Waals surface area contributed by atoms with Crippen LogP contribution in [0.5, 0.6) is 0 Å². The molecule has 0 unspecified atom stereocenters. The summed E-state index contributed by atoms with van der Waals surface area (Å²) in [6.45, 7) is 5.35. The summed E-state index contributed by atoms with van der Waals surface area (Å²) < 4.78 is 34.2. The molecule has 1 amide bonds. The van der Waals surface area contributed by atoms with E-state index in [1.807, 2.05) is 11.0 Å². The molecule has 1 N–H and O–H groups in total. The monoisotopic (exact) mass is 536 g/mol. The third-order valence-corrected chi connectivity index (χ3v) is 10.6. The molecule has 6 saturated carbocycles. The maximum atomic E-state index is 14.5. The van der Waals surface area contributed by atoms with E-state index in [2.05, 4.69) is 39.7 Å². The van der Waals surface area contributed by atoms with Crippen LogP contribution in [0.2, 0.25) is 0 Å². The molecule has 6 fully saturated rings. The molecule has 2 heterocycles. The highest BCUT2D eigenvalue weighted by molar-refractivity contribution is 6.00. The predicted octanol–water partition coefficient (Wildman–Crippen LogP) is 6.17. The minimum atomic E-state index is -1.66. The molecule has 8 heteroatoms. The van der Waals surface area contributed by atoms with Crippen LogP contribution in [-0.4, -0.2) is 41.4 Å². The molecule has 7 aliphatic rings. The number of benzene rings is 1. The van der Waals surface area contributed by atoms with Crippen LogP contribution in [0, 0.1) is 10.8 Å². The normalized spacial score (nSPS) is 35.1. The van der Waals surface area contributed by atoms with Gasteiger partial charge in [0.05, 0.1) is 5.41 Å². The van der Waals surface area contributed by atoms with Crippen molar-refractivity contribution in [2.75, 3.05) is 24.5 Å². The number of rotatable bonds is 7. The van der Waals surface area contributed by atoms with Crippen molar-refractivity contribution < 1.29 is 18.1 Å². The minimum absolute atomic E-state index is 0.00427. The molecule has 2 aromatic rings. The van der Waals surface area contributed by atoms with Crippen molar-refractivity contribution in [2.45, 2.75) is 94.8 Å². The smallest absolute Gasteiger partial charge is 0.263 e. The van der Waals surface area contributed by atoms with Crippen LogP contribution in [-0.2, 0) is 15.9 Å². The van der Waals surface area contributed by atoms with Gasteiger partial charge in [0, 0.05) is 24.2 Å². The summed E-state index contributed by atoms with van der Waals surface area (Å²) in [4.78, 5) is 20.6. The van der Waals surface area contributed by atoms with Crippen LogP contribution in [0.15, 0.2) is 34.9 Å². The first-order chi connectivity index (χ1) is 18.5. The van der Waals surface area contributed by atoms with Crippen LogP contribution in [0.25, 0.3) is 5.57 Å². The number of amides is 1. The van der Waals surface area contributed by atoms with Gasteiger partial charge in [-0.25, -0.2) is 8.78 Å². The molecule has 0 radical (unpaired) electrons. The maximum Gasteiger partial charge on any atom is 0.263 e. The number of fused-ring (bicyclic) bond motifs is 3. The van der Waals surface area contributed by atoms with Crippen molar-refractivity contribution in [3.8, 4) is 0 Å². The number of aromatic nitrogens is 2. The minimum Gasteiger partial charge on any atom is -0.336 e. The van der Waals surface area contributed by atoms with Gasteiger partial charge in [0.2, 0.25) is 5.91 Å². The molecule has 9 rings (SSSR count). The van der Waals surface area contributed by atoms with E-state index in [1.165, 1.54) is 25.0 Å². The Hall–Kier alpha value is -2.61. The van der Waals surface area contributed by atoms with Crippen LogP contribution >= 0.6 is 0 Å². The summed E-state index contributed by atoms with van der Waals surface area (Å²) in [5.41, 5.74) is -0.0710. The highest BCUT2D eigenvalue weighted by Gasteiger charge is 2.73. The topological polar surface area (TPSA) is 71.3 Å². The van der Waals surface area contributed by atoms with Gasteiger partial charge in [0.25, 0.3) is 5.89 Å². The predicted molar refractivity (Wildman–Crippen MR) is 145 cm³/mol. The summed E-state index contributed by atoms with van der Waals surface area (Å²) in [7, 11) is 0. The zero-order chi connectivity index (χ0) is 27.1. The Labute approximate surface area is 228 Å². The van der Waals surface area contributed by atoms with Crippen molar-refractivity contribution in [1.29, 1.82) is 0 Å². The van der Waals surface area contributed by atoms with Crippen molar-refractivity contribution in [3.05, 3.63) is 47.6 Å². The Kier molecular flexibility index (Phi) is 5.49. The Balaban J connectivity index is 1.15. The zero-order valence-corrected chi connectivity index (χ0v) is 23.0. The zero-order valence-electron chi connectivity index (χ0n) is 23.0. The second kappa shape index (κ2) is 8.45. The van der Waals surface area contributed by atoms with Crippen molar-refractivity contribution in [1.82, 2.24) is 15.5 Å². The largest absolute Gasteiger partial charge is 0.336 e. The van der Waals surface area contributed by atoms with Crippen molar-refractivity contribution in [2.24, 2.45) is 10.8 Å². The summed E-state index contributed by atoms with van der Waals surface area (Å²) in [6.07, 6.45) is 9.87. The van der Waals surface area contributed by atoms with E-state index in [9.17, 15) is 13.6 Å². The van der Waals surface area contributed by atoms with E-state index >= 15 is 0 Å². The highest BCUT2D eigenvalue weighted by atomic mass is 19.1. The molecule has 1 aliphatic heterocycles. The lowest BCUT2D eigenvalue weighted by molar-refractivity contribution is -0.211. The summed E-state index contributed by atoms with van der Waals surface area (Å²) >= 11 is 0. The molecule has 39 heavy (non-hydrogen) atoms. The number of nitrogens with zero attached hydrogens (tertiary/aromatic N) is 3. The van der Waals surface area contributed by atoms with Gasteiger partial charge in [0.15, 0.2) is 11.5 Å². The maximum absolute atomic E-state index is 14.5. The molecule has 0 atom stereocenters. The van der Waals surface area contributed by atoms with E-state index in [0.29, 0.717) is 31.6 Å². The number of carbonyl (C=O) groups excluding carboxylic acids is 1. The Bertz CT molecular complexity index is 1300. The van der Waals surface area contributed by atoms with Gasteiger partial charge in [-0.1, -0.05) is 23.4 Å². The molecule has 0 spiro atoms. The van der Waals surface area contributed by atoms with Gasteiger partial charge in [-0.05, 0) is 113 Å². The van der Waals surface area contributed by atoms with Gasteiger partial charge < -0.3 is 14.7 Å². The summed E-state index contributed by atoms with van der Waals surface area (Å²) in [5.74, 6) is 0.775. The van der Waals surface area contributed by atoms with Gasteiger partial charge in [-0.3, -0.25) is 4.79 Å². The molecule has 4 bridgehead atoms. The molecular weight excluding hydrogens is 498 g/mol. The number of nitrogens with one attached hydrogen (secondary N) is 1. The number of carbonyl (C=O) groups is 1. The van der Waals surface area contributed by atoms with Crippen LogP contribution in [0.3, 0.4) is 0 Å². The molecule has 0 saturated heterocycles. The Morgan fingerprint density at radius 3 is 2.44 bits per heavy atom. The quantitative estimate of drug-likeness (QED) is 0.458. The van der Waals surface area contributed by atoms with Gasteiger partial charge >= 0.3 is 0 Å². The van der Waals surface area contributed by atoms with E-state index in [0.717, 1.165) is 63.7 Å². The number of anilines is 1. The number of hydrogen-bond donors (Lipinski definition) is 1. The first kappa shape index (κ1) is 25.4. The van der Waals surface area contributed by atoms with Crippen molar-refractivity contribution >= 4 is 17.2 Å². The average molecular weight is 537 g/mol. The number of halogens is 2. The van der Waals surface area contributed by atoms with Gasteiger partial charge in [0.1, 0.15) is 5.67 Å². The molecule has 6 nitrogen and oxygen atoms in total. The lowest BCUT2D eigenvalue weighted by atomic mass is 9.41. The van der Waals surface area contributed by atoms with E-state index in [-0.39, 0.29) is 22.6 Å². The van der Waals surface area contributed by atoms with E-state index in [4.69, 9.17) is 4.52 Å². The molecule has 1 aromatic carbocycles. The van der Waals surface area contributed by atoms with E-state index < -0.39 is 16.8 Å². The third kappa shape index (κ3) is 4.08. The van der Waals surface area contributed by atoms with Crippen LogP contribution in [0.4, 0.5) is 14.5 Å². The summed E-state index contributed by atoms with van der Waals surface area (Å²) in [6, 6.07) is 8.40. The fraction of sp³-hybridized carbons (Fsp3) is 0.645. The molecule has 6 aliphatic carbocycles. The molecule has 1 aromatic heterocycles. The Morgan fingerprint density at radius 2 is 1.85 bits per heavy atom. The second-order valence-corrected chi connectivity index (χ2v) is 13.8. The fourth-order valence-electron chi connectivity index (χ4n) is 8.07. The lowest BCUT2D eigenvalue weighted by Gasteiger charge is -2.65. The number of hydrogen-bond acceptors (Lipinski definition) is 5. The highest BCUT2D eigenvalue weighted by Crippen LogP contribution is 2.70. The second-order valence-electron chi connectivity index (χ2n) is 13.8. The average Bonchev–Trinajstić information content (AvgIpc) is 3.43. The van der Waals surface area contributed by atoms with Crippen molar-refractivity contribution in [3.63, 3.8) is 0 Å². The first-order valence-electron chi connectivity index (χ1n) is 14.6. The van der Waals surface area contributed by atoms with Crippen LogP contribution in [0.1, 0.15) is 95.3 Å². The lowest BCUT2D eigenvalue weighted by Crippen LogP contribution is -2.71. The fourth-order valence-corrected chi connectivity index (χ4v) is 8.07. The molecular formula is C31H38F2N4O2. The molecule has 208 valence electrons. The Morgan fingerprint density at radius 1 is 1.13 bits per heavy atom.